The monoisotopic (exact) mass is 308 g/mol. The maximum Gasteiger partial charge on any atom is 0.322 e. The molecule has 2 N–H and O–H groups in total. The van der Waals surface area contributed by atoms with E-state index in [0.29, 0.717) is 0 Å². The second-order valence-corrected chi connectivity index (χ2v) is 8.24. The van der Waals surface area contributed by atoms with Gasteiger partial charge in [0.15, 0.2) is 0 Å². The lowest BCUT2D eigenvalue weighted by molar-refractivity contribution is 0.166. The molecule has 1 heterocycles. The Morgan fingerprint density at radius 3 is 2.62 bits per heavy atom. The summed E-state index contributed by atoms with van der Waals surface area (Å²) in [7, 11) is 0. The van der Waals surface area contributed by atoms with Gasteiger partial charge in [0, 0.05) is 21.9 Å². The van der Waals surface area contributed by atoms with E-state index in [1.165, 1.54) is 4.90 Å². The molecule has 4 nitrogen and oxygen atoms in total. The summed E-state index contributed by atoms with van der Waals surface area (Å²) >= 11 is 1.80. The van der Waals surface area contributed by atoms with Crippen molar-refractivity contribution in [2.75, 3.05) is 18.5 Å². The molecule has 116 valence electrons. The van der Waals surface area contributed by atoms with Crippen LogP contribution in [-0.4, -0.2) is 40.0 Å². The number of rotatable bonds is 3. The van der Waals surface area contributed by atoms with Crippen LogP contribution >= 0.6 is 11.8 Å². The van der Waals surface area contributed by atoms with E-state index >= 15 is 0 Å². The Morgan fingerprint density at radius 1 is 1.38 bits per heavy atom. The summed E-state index contributed by atoms with van der Waals surface area (Å²) in [5.41, 5.74) is 0.793. The number of nitrogens with one attached hydrogen (secondary N) is 1. The van der Waals surface area contributed by atoms with Crippen molar-refractivity contribution in [2.24, 2.45) is 0 Å². The summed E-state index contributed by atoms with van der Waals surface area (Å²) in [4.78, 5) is 15.1. The van der Waals surface area contributed by atoms with Crippen LogP contribution in [0.4, 0.5) is 10.5 Å². The molecule has 0 bridgehead atoms. The minimum Gasteiger partial charge on any atom is -0.394 e. The molecule has 1 aliphatic heterocycles. The van der Waals surface area contributed by atoms with Gasteiger partial charge in [-0.3, -0.25) is 0 Å². The summed E-state index contributed by atoms with van der Waals surface area (Å²) in [6, 6.07) is 7.74. The Labute approximate surface area is 130 Å². The van der Waals surface area contributed by atoms with Gasteiger partial charge in [0.1, 0.15) is 0 Å². The summed E-state index contributed by atoms with van der Waals surface area (Å²) in [5, 5.41) is 12.2. The highest BCUT2D eigenvalue weighted by Gasteiger charge is 2.27. The van der Waals surface area contributed by atoms with Gasteiger partial charge in [-0.15, -0.1) is 11.8 Å². The molecular weight excluding hydrogens is 284 g/mol. The molecule has 1 aliphatic rings. The summed E-state index contributed by atoms with van der Waals surface area (Å²) in [6.07, 6.45) is 1.84. The number of aliphatic hydroxyl groups excluding tert-OH is 1. The van der Waals surface area contributed by atoms with Crippen molar-refractivity contribution in [1.82, 2.24) is 4.90 Å². The molecule has 2 rings (SSSR count). The smallest absolute Gasteiger partial charge is 0.322 e. The number of hydrogen-bond donors (Lipinski definition) is 2. The molecule has 1 aromatic rings. The van der Waals surface area contributed by atoms with Crippen LogP contribution in [-0.2, 0) is 0 Å². The van der Waals surface area contributed by atoms with Gasteiger partial charge in [-0.05, 0) is 37.1 Å². The van der Waals surface area contributed by atoms with Gasteiger partial charge in [0.25, 0.3) is 0 Å². The van der Waals surface area contributed by atoms with E-state index in [9.17, 15) is 9.90 Å². The van der Waals surface area contributed by atoms with Crippen molar-refractivity contribution in [1.29, 1.82) is 0 Å². The second-order valence-electron chi connectivity index (χ2n) is 6.34. The van der Waals surface area contributed by atoms with Gasteiger partial charge < -0.3 is 15.3 Å². The number of carbonyl (C=O) groups is 1. The van der Waals surface area contributed by atoms with Gasteiger partial charge >= 0.3 is 6.03 Å². The lowest BCUT2D eigenvalue weighted by atomic mass is 10.2. The van der Waals surface area contributed by atoms with Crippen molar-refractivity contribution in [3.63, 3.8) is 0 Å². The zero-order valence-corrected chi connectivity index (χ0v) is 13.7. The molecule has 21 heavy (non-hydrogen) atoms. The maximum atomic E-state index is 12.2. The number of hydrogen-bond acceptors (Lipinski definition) is 3. The maximum absolute atomic E-state index is 12.2. The molecule has 1 atom stereocenters. The average Bonchev–Trinajstić information content (AvgIpc) is 2.87. The topological polar surface area (TPSA) is 52.6 Å². The average molecular weight is 308 g/mol. The zero-order chi connectivity index (χ0) is 15.5. The highest BCUT2D eigenvalue weighted by atomic mass is 32.2. The molecule has 1 saturated heterocycles. The van der Waals surface area contributed by atoms with Crippen LogP contribution in [0.25, 0.3) is 0 Å². The standard InChI is InChI=1S/C16H24N2O2S/c1-16(2,3)21-14-8-6-12(7-9-14)17-15(20)18-10-4-5-13(18)11-19/h6-9,13,19H,4-5,10-11H2,1-3H3,(H,17,20). The van der Waals surface area contributed by atoms with Gasteiger partial charge in [0.05, 0.1) is 12.6 Å². The second kappa shape index (κ2) is 6.71. The van der Waals surface area contributed by atoms with E-state index in [1.54, 1.807) is 16.7 Å². The lowest BCUT2D eigenvalue weighted by Gasteiger charge is -2.23. The number of amides is 2. The fourth-order valence-electron chi connectivity index (χ4n) is 2.45. The molecule has 0 radical (unpaired) electrons. The van der Waals surface area contributed by atoms with E-state index in [2.05, 4.69) is 26.1 Å². The van der Waals surface area contributed by atoms with Crippen LogP contribution in [0.5, 0.6) is 0 Å². The van der Waals surface area contributed by atoms with Gasteiger partial charge in [-0.2, -0.15) is 0 Å². The molecule has 2 amide bonds. The number of benzene rings is 1. The Hall–Kier alpha value is -1.20. The van der Waals surface area contributed by atoms with Crippen molar-refractivity contribution in [3.8, 4) is 0 Å². The van der Waals surface area contributed by atoms with E-state index in [-0.39, 0.29) is 23.4 Å². The van der Waals surface area contributed by atoms with Crippen LogP contribution < -0.4 is 5.32 Å². The Balaban J connectivity index is 1.95. The number of urea groups is 1. The van der Waals surface area contributed by atoms with Crippen molar-refractivity contribution >= 4 is 23.5 Å². The van der Waals surface area contributed by atoms with E-state index < -0.39 is 0 Å². The molecule has 1 aromatic carbocycles. The van der Waals surface area contributed by atoms with E-state index in [4.69, 9.17) is 0 Å². The van der Waals surface area contributed by atoms with E-state index in [0.717, 1.165) is 25.1 Å². The fourth-order valence-corrected chi connectivity index (χ4v) is 3.43. The third-order valence-corrected chi connectivity index (χ3v) is 4.50. The summed E-state index contributed by atoms with van der Waals surface area (Å²) in [6.45, 7) is 7.28. The number of thioether (sulfide) groups is 1. The molecule has 5 heteroatoms. The highest BCUT2D eigenvalue weighted by Crippen LogP contribution is 2.32. The van der Waals surface area contributed by atoms with Crippen molar-refractivity contribution in [2.45, 2.75) is 49.3 Å². The zero-order valence-electron chi connectivity index (χ0n) is 12.9. The fraction of sp³-hybridized carbons (Fsp3) is 0.562. The minimum absolute atomic E-state index is 0.0363. The van der Waals surface area contributed by atoms with Crippen LogP contribution in [0.3, 0.4) is 0 Å². The highest BCUT2D eigenvalue weighted by molar-refractivity contribution is 8.00. The minimum atomic E-state index is -0.122. The van der Waals surface area contributed by atoms with Crippen molar-refractivity contribution in [3.05, 3.63) is 24.3 Å². The van der Waals surface area contributed by atoms with Crippen LogP contribution in [0, 0.1) is 0 Å². The first-order valence-corrected chi connectivity index (χ1v) is 8.18. The summed E-state index contributed by atoms with van der Waals surface area (Å²) < 4.78 is 0.175. The first-order valence-electron chi connectivity index (χ1n) is 7.36. The van der Waals surface area contributed by atoms with Crippen LogP contribution in [0.15, 0.2) is 29.2 Å². The van der Waals surface area contributed by atoms with E-state index in [1.807, 2.05) is 24.3 Å². The molecule has 0 spiro atoms. The Morgan fingerprint density at radius 2 is 2.05 bits per heavy atom. The van der Waals surface area contributed by atoms with Crippen LogP contribution in [0.2, 0.25) is 0 Å². The first-order chi connectivity index (χ1) is 9.89. The number of anilines is 1. The predicted octanol–water partition coefficient (Wildman–Crippen LogP) is 3.57. The third kappa shape index (κ3) is 4.64. The van der Waals surface area contributed by atoms with Gasteiger partial charge in [-0.1, -0.05) is 20.8 Å². The number of likely N-dealkylation sites (tertiary alicyclic amines) is 1. The first kappa shape index (κ1) is 16.2. The molecule has 0 aliphatic carbocycles. The molecular formula is C16H24N2O2S. The normalized spacial score (nSPS) is 18.9. The van der Waals surface area contributed by atoms with Gasteiger partial charge in [0.2, 0.25) is 0 Å². The quantitative estimate of drug-likeness (QED) is 0.839. The van der Waals surface area contributed by atoms with Crippen molar-refractivity contribution < 1.29 is 9.90 Å². The molecule has 0 saturated carbocycles. The predicted molar refractivity (Wildman–Crippen MR) is 87.9 cm³/mol. The number of aliphatic hydroxyl groups is 1. The van der Waals surface area contributed by atoms with Crippen LogP contribution in [0.1, 0.15) is 33.6 Å². The molecule has 0 aromatic heterocycles. The number of nitrogens with zero attached hydrogens (tertiary/aromatic N) is 1. The lowest BCUT2D eigenvalue weighted by Crippen LogP contribution is -2.40. The molecule has 1 unspecified atom stereocenters. The Bertz CT molecular complexity index is 482. The largest absolute Gasteiger partial charge is 0.394 e. The summed E-state index contributed by atoms with van der Waals surface area (Å²) in [5.74, 6) is 0. The molecule has 1 fully saturated rings. The SMILES string of the molecule is CC(C)(C)Sc1ccc(NC(=O)N2CCCC2CO)cc1. The Kier molecular flexibility index (Phi) is 5.17. The number of carbonyl (C=O) groups excluding carboxylic acids is 1. The van der Waals surface area contributed by atoms with Gasteiger partial charge in [-0.25, -0.2) is 4.79 Å². The third-order valence-electron chi connectivity index (χ3n) is 3.38.